The van der Waals surface area contributed by atoms with Crippen molar-refractivity contribution in [1.82, 2.24) is 4.98 Å². The zero-order valence-corrected chi connectivity index (χ0v) is 14.6. The number of benzene rings is 1. The third kappa shape index (κ3) is 3.53. The van der Waals surface area contributed by atoms with Gasteiger partial charge in [0.25, 0.3) is 0 Å². The van der Waals surface area contributed by atoms with E-state index in [1.807, 2.05) is 24.3 Å². The summed E-state index contributed by atoms with van der Waals surface area (Å²) >= 11 is 0.861. The number of rotatable bonds is 3. The molecule has 134 valence electrons. The van der Waals surface area contributed by atoms with Crippen LogP contribution < -0.4 is 4.90 Å². The molecule has 8 heteroatoms. The second-order valence-electron chi connectivity index (χ2n) is 5.81. The van der Waals surface area contributed by atoms with Gasteiger partial charge in [-0.2, -0.15) is 18.4 Å². The maximum absolute atomic E-state index is 13.1. The molecule has 3 rings (SSSR count). The van der Waals surface area contributed by atoms with Crippen molar-refractivity contribution in [3.8, 4) is 6.07 Å². The van der Waals surface area contributed by atoms with Crippen LogP contribution in [0, 0.1) is 18.3 Å². The minimum absolute atomic E-state index is 0.0688. The number of nitriles is 1. The standard InChI is InChI=1S/C18H14F3N3OS/c1-11-8-14(18(19,20)21)13(9-22)17(23-11)26-10-16(25)24-7-6-12-4-2-3-5-15(12)24/h2-5,8H,6-7,10H2,1H3. The molecule has 1 aliphatic rings. The number of carbonyl (C=O) groups excluding carboxylic acids is 1. The first-order chi connectivity index (χ1) is 12.3. The Kier molecular flexibility index (Phi) is 4.92. The van der Waals surface area contributed by atoms with E-state index in [2.05, 4.69) is 4.98 Å². The summed E-state index contributed by atoms with van der Waals surface area (Å²) in [6.45, 7) is 1.97. The summed E-state index contributed by atoms with van der Waals surface area (Å²) in [4.78, 5) is 18.2. The Morgan fingerprint density at radius 3 is 2.81 bits per heavy atom. The number of pyridine rings is 1. The van der Waals surface area contributed by atoms with Crippen molar-refractivity contribution in [3.05, 3.63) is 52.7 Å². The van der Waals surface area contributed by atoms with Crippen molar-refractivity contribution in [3.63, 3.8) is 0 Å². The predicted molar refractivity (Wildman–Crippen MR) is 91.9 cm³/mol. The van der Waals surface area contributed by atoms with Crippen LogP contribution in [0.2, 0.25) is 0 Å². The highest BCUT2D eigenvalue weighted by Crippen LogP contribution is 2.36. The van der Waals surface area contributed by atoms with E-state index in [1.165, 1.54) is 6.92 Å². The van der Waals surface area contributed by atoms with Gasteiger partial charge in [-0.1, -0.05) is 30.0 Å². The van der Waals surface area contributed by atoms with Crippen LogP contribution in [0.3, 0.4) is 0 Å². The Hall–Kier alpha value is -2.53. The number of aromatic nitrogens is 1. The third-order valence-electron chi connectivity index (χ3n) is 4.05. The number of aryl methyl sites for hydroxylation is 1. The van der Waals surface area contributed by atoms with Gasteiger partial charge in [0.1, 0.15) is 11.1 Å². The Bertz CT molecular complexity index is 906. The fourth-order valence-corrected chi connectivity index (χ4v) is 3.81. The molecular weight excluding hydrogens is 363 g/mol. The molecule has 0 fully saturated rings. The van der Waals surface area contributed by atoms with E-state index in [9.17, 15) is 18.0 Å². The highest BCUT2D eigenvalue weighted by Gasteiger charge is 2.36. The smallest absolute Gasteiger partial charge is 0.311 e. The zero-order chi connectivity index (χ0) is 18.9. The van der Waals surface area contributed by atoms with Crippen molar-refractivity contribution in [2.75, 3.05) is 17.2 Å². The highest BCUT2D eigenvalue weighted by molar-refractivity contribution is 8.00. The van der Waals surface area contributed by atoms with E-state index >= 15 is 0 Å². The van der Waals surface area contributed by atoms with Crippen molar-refractivity contribution < 1.29 is 18.0 Å². The molecule has 1 amide bonds. The number of carbonyl (C=O) groups is 1. The largest absolute Gasteiger partial charge is 0.417 e. The van der Waals surface area contributed by atoms with E-state index in [0.717, 1.165) is 35.5 Å². The molecular formula is C18H14F3N3OS. The average Bonchev–Trinajstić information content (AvgIpc) is 3.02. The van der Waals surface area contributed by atoms with Crippen LogP contribution in [0.5, 0.6) is 0 Å². The normalized spacial score (nSPS) is 13.4. The van der Waals surface area contributed by atoms with E-state index in [4.69, 9.17) is 5.26 Å². The number of amides is 1. The minimum Gasteiger partial charge on any atom is -0.311 e. The van der Waals surface area contributed by atoms with E-state index in [-0.39, 0.29) is 22.4 Å². The molecule has 0 bridgehead atoms. The Labute approximate surface area is 152 Å². The lowest BCUT2D eigenvalue weighted by Gasteiger charge is -2.17. The third-order valence-corrected chi connectivity index (χ3v) is 5.01. The summed E-state index contributed by atoms with van der Waals surface area (Å²) in [7, 11) is 0. The van der Waals surface area contributed by atoms with Crippen molar-refractivity contribution in [2.45, 2.75) is 24.5 Å². The minimum atomic E-state index is -4.65. The van der Waals surface area contributed by atoms with Gasteiger partial charge in [0, 0.05) is 17.9 Å². The number of halogens is 3. The number of thioether (sulfide) groups is 1. The molecule has 2 aromatic rings. The lowest BCUT2D eigenvalue weighted by Crippen LogP contribution is -2.30. The summed E-state index contributed by atoms with van der Waals surface area (Å²) in [6, 6.07) is 9.95. The lowest BCUT2D eigenvalue weighted by atomic mass is 10.1. The van der Waals surface area contributed by atoms with Gasteiger partial charge in [-0.05, 0) is 31.0 Å². The molecule has 0 saturated carbocycles. The van der Waals surface area contributed by atoms with Crippen LogP contribution in [0.25, 0.3) is 0 Å². The SMILES string of the molecule is Cc1cc(C(F)(F)F)c(C#N)c(SCC(=O)N2CCc3ccccc32)n1. The molecule has 0 saturated heterocycles. The molecule has 1 aromatic carbocycles. The van der Waals surface area contributed by atoms with Gasteiger partial charge in [0.2, 0.25) is 5.91 Å². The molecule has 0 radical (unpaired) electrons. The molecule has 0 aliphatic carbocycles. The van der Waals surface area contributed by atoms with Gasteiger partial charge in [-0.3, -0.25) is 4.79 Å². The fraction of sp³-hybridized carbons (Fsp3) is 0.278. The van der Waals surface area contributed by atoms with Crippen LogP contribution in [-0.2, 0) is 17.4 Å². The fourth-order valence-electron chi connectivity index (χ4n) is 2.89. The van der Waals surface area contributed by atoms with E-state index < -0.39 is 17.3 Å². The molecule has 1 aromatic heterocycles. The van der Waals surface area contributed by atoms with Gasteiger partial charge in [-0.15, -0.1) is 0 Å². The zero-order valence-electron chi connectivity index (χ0n) is 13.8. The monoisotopic (exact) mass is 377 g/mol. The van der Waals surface area contributed by atoms with Gasteiger partial charge in [0.05, 0.1) is 16.9 Å². The number of hydrogen-bond acceptors (Lipinski definition) is 4. The number of hydrogen-bond donors (Lipinski definition) is 0. The van der Waals surface area contributed by atoms with Gasteiger partial charge in [0.15, 0.2) is 0 Å². The molecule has 1 aliphatic heterocycles. The summed E-state index contributed by atoms with van der Waals surface area (Å²) < 4.78 is 39.4. The molecule has 0 N–H and O–H groups in total. The summed E-state index contributed by atoms with van der Waals surface area (Å²) in [5.41, 5.74) is 0.484. The first kappa shape index (κ1) is 18.3. The second kappa shape index (κ2) is 7.00. The first-order valence-electron chi connectivity index (χ1n) is 7.81. The number of fused-ring (bicyclic) bond motifs is 1. The molecule has 0 unspecified atom stereocenters. The Morgan fingerprint density at radius 1 is 1.38 bits per heavy atom. The van der Waals surface area contributed by atoms with Crippen molar-refractivity contribution in [2.24, 2.45) is 0 Å². The predicted octanol–water partition coefficient (Wildman–Crippen LogP) is 3.96. The van der Waals surface area contributed by atoms with Crippen LogP contribution in [0.15, 0.2) is 35.4 Å². The van der Waals surface area contributed by atoms with Gasteiger partial charge in [-0.25, -0.2) is 4.98 Å². The number of para-hydroxylation sites is 1. The van der Waals surface area contributed by atoms with Crippen molar-refractivity contribution in [1.29, 1.82) is 5.26 Å². The summed E-state index contributed by atoms with van der Waals surface area (Å²) in [6.07, 6.45) is -3.90. The second-order valence-corrected chi connectivity index (χ2v) is 6.78. The van der Waals surface area contributed by atoms with Gasteiger partial charge < -0.3 is 4.90 Å². The molecule has 0 spiro atoms. The highest BCUT2D eigenvalue weighted by atomic mass is 32.2. The Morgan fingerprint density at radius 2 is 2.12 bits per heavy atom. The van der Waals surface area contributed by atoms with E-state index in [0.29, 0.717) is 6.54 Å². The molecule has 0 atom stereocenters. The molecule has 2 heterocycles. The maximum atomic E-state index is 13.1. The quantitative estimate of drug-likeness (QED) is 0.760. The van der Waals surface area contributed by atoms with Crippen LogP contribution in [0.1, 0.15) is 22.4 Å². The van der Waals surface area contributed by atoms with Crippen molar-refractivity contribution >= 4 is 23.4 Å². The van der Waals surface area contributed by atoms with Crippen LogP contribution >= 0.6 is 11.8 Å². The first-order valence-corrected chi connectivity index (χ1v) is 8.80. The summed E-state index contributed by atoms with van der Waals surface area (Å²) in [5.74, 6) is -0.308. The van der Waals surface area contributed by atoms with Gasteiger partial charge >= 0.3 is 6.18 Å². The Balaban J connectivity index is 1.82. The summed E-state index contributed by atoms with van der Waals surface area (Å²) in [5, 5.41) is 9.09. The van der Waals surface area contributed by atoms with Crippen LogP contribution in [0.4, 0.5) is 18.9 Å². The van der Waals surface area contributed by atoms with Crippen LogP contribution in [-0.4, -0.2) is 23.2 Å². The molecule has 4 nitrogen and oxygen atoms in total. The number of anilines is 1. The topological polar surface area (TPSA) is 57.0 Å². The lowest BCUT2D eigenvalue weighted by molar-refractivity contribution is -0.138. The average molecular weight is 377 g/mol. The number of alkyl halides is 3. The number of nitrogens with zero attached hydrogens (tertiary/aromatic N) is 3. The maximum Gasteiger partial charge on any atom is 0.417 e. The van der Waals surface area contributed by atoms with E-state index in [1.54, 1.807) is 11.0 Å². The molecule has 26 heavy (non-hydrogen) atoms.